The molecule has 5 heteroatoms. The fraction of sp³-hybridized carbons (Fsp3) is 0.421. The van der Waals surface area contributed by atoms with Crippen molar-refractivity contribution in [3.8, 4) is 0 Å². The zero-order chi connectivity index (χ0) is 16.8. The highest BCUT2D eigenvalue weighted by atomic mass is 16.3. The summed E-state index contributed by atoms with van der Waals surface area (Å²) in [6.45, 7) is 7.21. The molecule has 0 spiro atoms. The van der Waals surface area contributed by atoms with Crippen molar-refractivity contribution in [2.75, 3.05) is 32.7 Å². The van der Waals surface area contributed by atoms with Gasteiger partial charge in [0.1, 0.15) is 5.76 Å². The van der Waals surface area contributed by atoms with Gasteiger partial charge in [0.2, 0.25) is 5.91 Å². The van der Waals surface area contributed by atoms with Crippen LogP contribution in [0.15, 0.2) is 53.1 Å². The number of hydrogen-bond donors (Lipinski definition) is 1. The first-order chi connectivity index (χ1) is 11.7. The second-order valence-corrected chi connectivity index (χ2v) is 6.34. The number of amides is 1. The number of nitrogens with one attached hydrogen (secondary N) is 1. The number of nitrogens with zero attached hydrogens (tertiary/aromatic N) is 2. The lowest BCUT2D eigenvalue weighted by Gasteiger charge is -2.34. The van der Waals surface area contributed by atoms with E-state index >= 15 is 0 Å². The Labute approximate surface area is 143 Å². The van der Waals surface area contributed by atoms with Gasteiger partial charge in [0, 0.05) is 32.7 Å². The minimum Gasteiger partial charge on any atom is -0.467 e. The van der Waals surface area contributed by atoms with Crippen LogP contribution in [0.1, 0.15) is 24.3 Å². The summed E-state index contributed by atoms with van der Waals surface area (Å²) in [6, 6.07) is 14.2. The third kappa shape index (κ3) is 4.69. The zero-order valence-electron chi connectivity index (χ0n) is 14.1. The maximum Gasteiger partial charge on any atom is 0.234 e. The molecule has 1 aliphatic rings. The summed E-state index contributed by atoms with van der Waals surface area (Å²) >= 11 is 0. The van der Waals surface area contributed by atoms with Crippen LogP contribution in [0.2, 0.25) is 0 Å². The van der Waals surface area contributed by atoms with Crippen LogP contribution >= 0.6 is 0 Å². The van der Waals surface area contributed by atoms with Gasteiger partial charge >= 0.3 is 0 Å². The van der Waals surface area contributed by atoms with E-state index in [0.717, 1.165) is 38.5 Å². The Morgan fingerprint density at radius 1 is 1.08 bits per heavy atom. The molecule has 1 fully saturated rings. The maximum atomic E-state index is 12.2. The van der Waals surface area contributed by atoms with E-state index in [9.17, 15) is 4.79 Å². The zero-order valence-corrected chi connectivity index (χ0v) is 14.1. The molecule has 0 bridgehead atoms. The van der Waals surface area contributed by atoms with Gasteiger partial charge in [-0.1, -0.05) is 30.3 Å². The minimum absolute atomic E-state index is 0.0513. The first-order valence-corrected chi connectivity index (χ1v) is 8.52. The average molecular weight is 327 g/mol. The van der Waals surface area contributed by atoms with Crippen LogP contribution < -0.4 is 5.32 Å². The molecule has 24 heavy (non-hydrogen) atoms. The number of benzene rings is 1. The summed E-state index contributed by atoms with van der Waals surface area (Å²) in [4.78, 5) is 16.8. The van der Waals surface area contributed by atoms with Gasteiger partial charge in [-0.2, -0.15) is 0 Å². The van der Waals surface area contributed by atoms with Crippen molar-refractivity contribution >= 4 is 5.91 Å². The van der Waals surface area contributed by atoms with E-state index in [-0.39, 0.29) is 11.9 Å². The SMILES string of the molecule is C[C@H](NC(=O)CN1CCN(Cc2ccccc2)CC1)c1ccco1. The Balaban J connectivity index is 1.39. The van der Waals surface area contributed by atoms with E-state index in [4.69, 9.17) is 4.42 Å². The number of carbonyl (C=O) groups excluding carboxylic acids is 1. The van der Waals surface area contributed by atoms with Crippen LogP contribution in [0.4, 0.5) is 0 Å². The predicted molar refractivity (Wildman–Crippen MR) is 93.4 cm³/mol. The lowest BCUT2D eigenvalue weighted by atomic mass is 10.2. The van der Waals surface area contributed by atoms with Crippen LogP contribution in [-0.4, -0.2) is 48.4 Å². The molecule has 0 unspecified atom stereocenters. The van der Waals surface area contributed by atoms with Crippen LogP contribution in [-0.2, 0) is 11.3 Å². The summed E-state index contributed by atoms with van der Waals surface area (Å²) in [6.07, 6.45) is 1.63. The highest BCUT2D eigenvalue weighted by Gasteiger charge is 2.20. The van der Waals surface area contributed by atoms with E-state index < -0.39 is 0 Å². The predicted octanol–water partition coefficient (Wildman–Crippen LogP) is 2.27. The van der Waals surface area contributed by atoms with Crippen molar-refractivity contribution in [3.05, 3.63) is 60.1 Å². The average Bonchev–Trinajstić information content (AvgIpc) is 3.12. The Kier molecular flexibility index (Phi) is 5.67. The third-order valence-corrected chi connectivity index (χ3v) is 4.43. The van der Waals surface area contributed by atoms with Gasteiger partial charge in [-0.05, 0) is 24.6 Å². The summed E-state index contributed by atoms with van der Waals surface area (Å²) in [5, 5.41) is 2.99. The van der Waals surface area contributed by atoms with Gasteiger partial charge in [-0.3, -0.25) is 14.6 Å². The molecule has 5 nitrogen and oxygen atoms in total. The lowest BCUT2D eigenvalue weighted by molar-refractivity contribution is -0.123. The first-order valence-electron chi connectivity index (χ1n) is 8.52. The molecular formula is C19H25N3O2. The molecule has 0 aliphatic carbocycles. The Bertz CT molecular complexity index is 619. The molecule has 1 N–H and O–H groups in total. The summed E-state index contributed by atoms with van der Waals surface area (Å²) in [7, 11) is 0. The molecule has 1 amide bonds. The first kappa shape index (κ1) is 16.7. The summed E-state index contributed by atoms with van der Waals surface area (Å²) in [5.74, 6) is 0.839. The molecule has 1 aliphatic heterocycles. The van der Waals surface area contributed by atoms with Crippen LogP contribution in [0.5, 0.6) is 0 Å². The highest BCUT2D eigenvalue weighted by Crippen LogP contribution is 2.12. The van der Waals surface area contributed by atoms with E-state index in [2.05, 4.69) is 39.4 Å². The van der Waals surface area contributed by atoms with Crippen molar-refractivity contribution in [2.24, 2.45) is 0 Å². The van der Waals surface area contributed by atoms with Crippen molar-refractivity contribution in [2.45, 2.75) is 19.5 Å². The topological polar surface area (TPSA) is 48.7 Å². The van der Waals surface area contributed by atoms with Gasteiger partial charge in [0.25, 0.3) is 0 Å². The molecule has 128 valence electrons. The normalized spacial score (nSPS) is 17.5. The monoisotopic (exact) mass is 327 g/mol. The van der Waals surface area contributed by atoms with Crippen molar-refractivity contribution in [3.63, 3.8) is 0 Å². The van der Waals surface area contributed by atoms with Gasteiger partial charge < -0.3 is 9.73 Å². The molecule has 2 aromatic rings. The largest absolute Gasteiger partial charge is 0.467 e. The van der Waals surface area contributed by atoms with Gasteiger partial charge in [-0.25, -0.2) is 0 Å². The van der Waals surface area contributed by atoms with E-state index in [1.165, 1.54) is 5.56 Å². The lowest BCUT2D eigenvalue weighted by Crippen LogP contribution is -2.49. The number of rotatable bonds is 6. The highest BCUT2D eigenvalue weighted by molar-refractivity contribution is 5.78. The molecule has 0 radical (unpaired) electrons. The summed E-state index contributed by atoms with van der Waals surface area (Å²) in [5.41, 5.74) is 1.34. The number of piperazine rings is 1. The molecule has 1 atom stereocenters. The number of carbonyl (C=O) groups is 1. The fourth-order valence-corrected chi connectivity index (χ4v) is 3.05. The molecule has 3 rings (SSSR count). The molecule has 1 aromatic carbocycles. The number of furan rings is 1. The maximum absolute atomic E-state index is 12.2. The second-order valence-electron chi connectivity index (χ2n) is 6.34. The van der Waals surface area contributed by atoms with Crippen LogP contribution in [0.25, 0.3) is 0 Å². The van der Waals surface area contributed by atoms with Crippen molar-refractivity contribution < 1.29 is 9.21 Å². The van der Waals surface area contributed by atoms with Gasteiger partial charge in [0.05, 0.1) is 18.8 Å². The third-order valence-electron chi connectivity index (χ3n) is 4.43. The number of hydrogen-bond acceptors (Lipinski definition) is 4. The standard InChI is InChI=1S/C19H25N3O2/c1-16(18-8-5-13-24-18)20-19(23)15-22-11-9-21(10-12-22)14-17-6-3-2-4-7-17/h2-8,13,16H,9-12,14-15H2,1H3,(H,20,23)/t16-/m0/s1. The Morgan fingerprint density at radius 2 is 1.79 bits per heavy atom. The van der Waals surface area contributed by atoms with E-state index in [1.54, 1.807) is 6.26 Å². The molecule has 2 heterocycles. The van der Waals surface area contributed by atoms with E-state index in [0.29, 0.717) is 6.54 Å². The summed E-state index contributed by atoms with van der Waals surface area (Å²) < 4.78 is 5.32. The van der Waals surface area contributed by atoms with Gasteiger partial charge in [0.15, 0.2) is 0 Å². The fourth-order valence-electron chi connectivity index (χ4n) is 3.05. The molecule has 1 saturated heterocycles. The molecular weight excluding hydrogens is 302 g/mol. The molecule has 0 saturated carbocycles. The minimum atomic E-state index is -0.0909. The van der Waals surface area contributed by atoms with Crippen LogP contribution in [0.3, 0.4) is 0 Å². The Morgan fingerprint density at radius 3 is 2.46 bits per heavy atom. The smallest absolute Gasteiger partial charge is 0.234 e. The van der Waals surface area contributed by atoms with Crippen molar-refractivity contribution in [1.82, 2.24) is 15.1 Å². The second kappa shape index (κ2) is 8.13. The van der Waals surface area contributed by atoms with E-state index in [1.807, 2.05) is 25.1 Å². The van der Waals surface area contributed by atoms with Gasteiger partial charge in [-0.15, -0.1) is 0 Å². The van der Waals surface area contributed by atoms with Crippen molar-refractivity contribution in [1.29, 1.82) is 0 Å². The Hall–Kier alpha value is -2.11. The van der Waals surface area contributed by atoms with Crippen LogP contribution in [0, 0.1) is 0 Å². The molecule has 1 aromatic heterocycles. The quantitative estimate of drug-likeness (QED) is 0.884.